The van der Waals surface area contributed by atoms with E-state index in [9.17, 15) is 12.9 Å². The van der Waals surface area contributed by atoms with Crippen molar-refractivity contribution in [3.63, 3.8) is 0 Å². The molecule has 0 rings (SSSR count). The molecule has 0 aliphatic rings. The molecule has 0 N–H and O–H groups in total. The van der Waals surface area contributed by atoms with Crippen molar-refractivity contribution in [2.24, 2.45) is 0 Å². The summed E-state index contributed by atoms with van der Waals surface area (Å²) in [6, 6.07) is 0. The zero-order chi connectivity index (χ0) is 12.8. The van der Waals surface area contributed by atoms with Gasteiger partial charge in [-0.15, -0.1) is 12.1 Å². The normalized spacial score (nSPS) is 11.8. The molecule has 7 heteroatoms. The molecule has 0 amide bonds. The van der Waals surface area contributed by atoms with Crippen LogP contribution in [0.4, 0.5) is 12.9 Å². The van der Waals surface area contributed by atoms with Gasteiger partial charge in [-0.3, -0.25) is 0 Å². The Hall–Kier alpha value is 1.15. The summed E-state index contributed by atoms with van der Waals surface area (Å²) in [7, 11) is 3.90. The molecule has 0 fully saturated rings. The summed E-state index contributed by atoms with van der Waals surface area (Å²) in [4.78, 5) is 3.80. The molecule has 17 heavy (non-hydrogen) atoms. The van der Waals surface area contributed by atoms with E-state index in [2.05, 4.69) is 6.58 Å². The Balaban J connectivity index is 0. The molecule has 0 unspecified atom stereocenters. The number of rotatable bonds is 8. The van der Waals surface area contributed by atoms with Gasteiger partial charge in [0.15, 0.2) is 0 Å². The Labute approximate surface area is 145 Å². The minimum absolute atomic E-state index is 0. The molecule has 0 aliphatic heterocycles. The molecular formula is C10H21BF3KN2. The van der Waals surface area contributed by atoms with E-state index in [0.29, 0.717) is 13.1 Å². The summed E-state index contributed by atoms with van der Waals surface area (Å²) in [6.45, 7) is 2.22. The first-order valence-electron chi connectivity index (χ1n) is 5.52. The monoisotopic (exact) mass is 276 g/mol. The fraction of sp³-hybridized carbons (Fsp3) is 0.800. The molecule has 0 spiro atoms. The second-order valence-electron chi connectivity index (χ2n) is 4.26. The van der Waals surface area contributed by atoms with Gasteiger partial charge in [0.1, 0.15) is 0 Å². The first-order valence-corrected chi connectivity index (χ1v) is 5.52. The Kier molecular flexibility index (Phi) is 12.0. The second kappa shape index (κ2) is 10.0. The van der Waals surface area contributed by atoms with E-state index in [1.807, 2.05) is 25.9 Å². The minimum Gasteiger partial charge on any atom is -0.445 e. The van der Waals surface area contributed by atoms with Crippen LogP contribution in [0.3, 0.4) is 0 Å². The standard InChI is InChI=1S/C10H21BF3N2.K/c1-5-16(8-6-7-15(3)4)9-10(2)11(12,13)14;/h2,5-9H2,1,3-4H3;/q-1;+1. The third kappa shape index (κ3) is 10.7. The Morgan fingerprint density at radius 3 is 2.06 bits per heavy atom. The van der Waals surface area contributed by atoms with Gasteiger partial charge in [-0.05, 0) is 46.7 Å². The van der Waals surface area contributed by atoms with Gasteiger partial charge < -0.3 is 22.7 Å². The number of hydrogen-bond acceptors (Lipinski definition) is 2. The molecule has 0 aromatic rings. The van der Waals surface area contributed by atoms with Gasteiger partial charge in [0.2, 0.25) is 0 Å². The van der Waals surface area contributed by atoms with Gasteiger partial charge in [0.25, 0.3) is 0 Å². The third-order valence-electron chi connectivity index (χ3n) is 2.42. The Morgan fingerprint density at radius 2 is 1.71 bits per heavy atom. The van der Waals surface area contributed by atoms with Crippen LogP contribution in [0.1, 0.15) is 13.3 Å². The summed E-state index contributed by atoms with van der Waals surface area (Å²) in [5.41, 5.74) is -0.605. The van der Waals surface area contributed by atoms with Crippen molar-refractivity contribution in [1.82, 2.24) is 9.80 Å². The molecule has 0 radical (unpaired) electrons. The Bertz CT molecular complexity index is 222. The van der Waals surface area contributed by atoms with Gasteiger partial charge in [0.05, 0.1) is 0 Å². The minimum atomic E-state index is -4.89. The van der Waals surface area contributed by atoms with E-state index >= 15 is 0 Å². The summed E-state index contributed by atoms with van der Waals surface area (Å²) < 4.78 is 37.0. The topological polar surface area (TPSA) is 6.48 Å². The molecule has 0 saturated heterocycles. The van der Waals surface area contributed by atoms with Crippen LogP contribution in [-0.2, 0) is 0 Å². The zero-order valence-electron chi connectivity index (χ0n) is 11.3. The van der Waals surface area contributed by atoms with Gasteiger partial charge in [-0.2, -0.15) is 0 Å². The summed E-state index contributed by atoms with van der Waals surface area (Å²) in [6.07, 6.45) is 0.874. The predicted octanol–water partition coefficient (Wildman–Crippen LogP) is -0.793. The van der Waals surface area contributed by atoms with Gasteiger partial charge in [-0.1, -0.05) is 6.92 Å². The quantitative estimate of drug-likeness (QED) is 0.536. The van der Waals surface area contributed by atoms with Gasteiger partial charge >= 0.3 is 58.4 Å². The van der Waals surface area contributed by atoms with Crippen LogP contribution in [0, 0.1) is 0 Å². The third-order valence-corrected chi connectivity index (χ3v) is 2.42. The number of hydrogen-bond donors (Lipinski definition) is 0. The molecule has 0 atom stereocenters. The van der Waals surface area contributed by atoms with E-state index < -0.39 is 12.4 Å². The largest absolute Gasteiger partial charge is 1.00 e. The number of halogens is 3. The molecule has 0 saturated carbocycles. The molecule has 0 heterocycles. The van der Waals surface area contributed by atoms with Crippen LogP contribution in [-0.4, -0.2) is 57.1 Å². The van der Waals surface area contributed by atoms with Crippen LogP contribution in [0.2, 0.25) is 0 Å². The number of nitrogens with zero attached hydrogens (tertiary/aromatic N) is 2. The van der Waals surface area contributed by atoms with E-state index in [1.165, 1.54) is 0 Å². The number of likely N-dealkylation sites (N-methyl/N-ethyl adjacent to an activating group) is 1. The average molecular weight is 276 g/mol. The summed E-state index contributed by atoms with van der Waals surface area (Å²) >= 11 is 0. The fourth-order valence-electron chi connectivity index (χ4n) is 1.35. The van der Waals surface area contributed by atoms with Crippen molar-refractivity contribution in [3.05, 3.63) is 12.1 Å². The first-order chi connectivity index (χ1) is 7.27. The average Bonchev–Trinajstić information content (AvgIpc) is 2.13. The van der Waals surface area contributed by atoms with Crippen molar-refractivity contribution in [2.45, 2.75) is 13.3 Å². The van der Waals surface area contributed by atoms with Crippen molar-refractivity contribution in [2.75, 3.05) is 40.3 Å². The molecule has 0 aromatic heterocycles. The molecule has 96 valence electrons. The first kappa shape index (κ1) is 20.5. The van der Waals surface area contributed by atoms with Crippen LogP contribution >= 0.6 is 0 Å². The maximum Gasteiger partial charge on any atom is 1.00 e. The molecular weight excluding hydrogens is 255 g/mol. The van der Waals surface area contributed by atoms with Crippen LogP contribution in [0.15, 0.2) is 12.1 Å². The van der Waals surface area contributed by atoms with Crippen molar-refractivity contribution in [3.8, 4) is 0 Å². The van der Waals surface area contributed by atoms with E-state index in [-0.39, 0.29) is 57.9 Å². The molecule has 2 nitrogen and oxygen atoms in total. The summed E-state index contributed by atoms with van der Waals surface area (Å²) in [5.74, 6) is 0. The van der Waals surface area contributed by atoms with Crippen LogP contribution in [0.5, 0.6) is 0 Å². The second-order valence-corrected chi connectivity index (χ2v) is 4.26. The van der Waals surface area contributed by atoms with Gasteiger partial charge in [-0.25, -0.2) is 0 Å². The predicted molar refractivity (Wildman–Crippen MR) is 63.5 cm³/mol. The van der Waals surface area contributed by atoms with Crippen molar-refractivity contribution < 1.29 is 64.3 Å². The Morgan fingerprint density at radius 1 is 1.18 bits per heavy atom. The smallest absolute Gasteiger partial charge is 0.445 e. The summed E-state index contributed by atoms with van der Waals surface area (Å²) in [5, 5.41) is 0. The maximum atomic E-state index is 12.3. The molecule has 0 aliphatic carbocycles. The molecule has 0 aromatic carbocycles. The fourth-order valence-corrected chi connectivity index (χ4v) is 1.35. The van der Waals surface area contributed by atoms with E-state index in [0.717, 1.165) is 13.0 Å². The zero-order valence-corrected chi connectivity index (χ0v) is 14.5. The van der Waals surface area contributed by atoms with Crippen LogP contribution < -0.4 is 51.4 Å². The maximum absolute atomic E-state index is 12.3. The van der Waals surface area contributed by atoms with E-state index in [4.69, 9.17) is 0 Å². The van der Waals surface area contributed by atoms with Crippen LogP contribution in [0.25, 0.3) is 0 Å². The van der Waals surface area contributed by atoms with E-state index in [1.54, 1.807) is 4.90 Å². The van der Waals surface area contributed by atoms with Gasteiger partial charge in [0, 0.05) is 0 Å². The molecule has 0 bridgehead atoms. The SMILES string of the molecule is C=C(CN(CC)CCCN(C)C)[B-](F)(F)F.[K+]. The van der Waals surface area contributed by atoms with Crippen molar-refractivity contribution in [1.29, 1.82) is 0 Å². The van der Waals surface area contributed by atoms with Crippen molar-refractivity contribution >= 4 is 6.98 Å².